The van der Waals surface area contributed by atoms with E-state index in [1.165, 1.54) is 11.1 Å². The van der Waals surface area contributed by atoms with E-state index in [2.05, 4.69) is 58.1 Å². The normalized spacial score (nSPS) is 12.5. The van der Waals surface area contributed by atoms with Gasteiger partial charge in [0.05, 0.1) is 5.92 Å². The van der Waals surface area contributed by atoms with Crippen LogP contribution >= 0.6 is 0 Å². The number of para-hydroxylation sites is 1. The van der Waals surface area contributed by atoms with Crippen LogP contribution in [0.15, 0.2) is 48.5 Å². The number of rotatable bonds is 6. The van der Waals surface area contributed by atoms with Gasteiger partial charge in [-0.1, -0.05) is 83.1 Å². The fourth-order valence-electron chi connectivity index (χ4n) is 3.16. The number of benzene rings is 2. The fourth-order valence-corrected chi connectivity index (χ4v) is 3.16. The Bertz CT molecular complexity index is 647. The van der Waals surface area contributed by atoms with Gasteiger partial charge in [0, 0.05) is 5.69 Å². The number of amides is 1. The third-order valence-corrected chi connectivity index (χ3v) is 4.55. The lowest BCUT2D eigenvalue weighted by atomic mass is 9.91. The summed E-state index contributed by atoms with van der Waals surface area (Å²) < 4.78 is 0. The minimum atomic E-state index is -0.119. The van der Waals surface area contributed by atoms with Gasteiger partial charge in [-0.2, -0.15) is 0 Å². The van der Waals surface area contributed by atoms with Crippen molar-refractivity contribution in [2.24, 2.45) is 0 Å². The highest BCUT2D eigenvalue weighted by molar-refractivity contribution is 5.97. The molecule has 2 aromatic carbocycles. The fraction of sp³-hybridized carbons (Fsp3) is 0.409. The van der Waals surface area contributed by atoms with Gasteiger partial charge in [0.25, 0.3) is 0 Å². The van der Waals surface area contributed by atoms with Crippen molar-refractivity contribution in [2.45, 2.75) is 58.8 Å². The first-order valence-corrected chi connectivity index (χ1v) is 8.94. The second kappa shape index (κ2) is 8.14. The first-order chi connectivity index (χ1) is 11.5. The Balaban J connectivity index is 2.37. The molecule has 0 saturated heterocycles. The lowest BCUT2D eigenvalue weighted by Gasteiger charge is -2.22. The maximum absolute atomic E-state index is 13.0. The predicted molar refractivity (Wildman–Crippen MR) is 103 cm³/mol. The molecule has 0 spiro atoms. The molecule has 2 heteroatoms. The molecule has 0 bridgehead atoms. The molecular formula is C22H29NO. The summed E-state index contributed by atoms with van der Waals surface area (Å²) in [5.74, 6) is 0.705. The van der Waals surface area contributed by atoms with Gasteiger partial charge >= 0.3 is 0 Å². The number of carbonyl (C=O) groups excluding carboxylic acids is 1. The van der Waals surface area contributed by atoms with Crippen LogP contribution in [-0.2, 0) is 4.79 Å². The Hall–Kier alpha value is -2.09. The zero-order valence-corrected chi connectivity index (χ0v) is 15.5. The molecule has 24 heavy (non-hydrogen) atoms. The molecule has 0 fully saturated rings. The summed E-state index contributed by atoms with van der Waals surface area (Å²) in [6, 6.07) is 16.4. The highest BCUT2D eigenvalue weighted by Gasteiger charge is 2.22. The first-order valence-electron chi connectivity index (χ1n) is 8.94. The number of hydrogen-bond acceptors (Lipinski definition) is 1. The summed E-state index contributed by atoms with van der Waals surface area (Å²) in [5.41, 5.74) is 4.49. The van der Waals surface area contributed by atoms with Gasteiger partial charge in [0.15, 0.2) is 0 Å². The van der Waals surface area contributed by atoms with E-state index in [4.69, 9.17) is 0 Å². The van der Waals surface area contributed by atoms with Gasteiger partial charge < -0.3 is 5.32 Å². The molecule has 0 aliphatic heterocycles. The summed E-state index contributed by atoms with van der Waals surface area (Å²) in [5, 5.41) is 3.25. The summed E-state index contributed by atoms with van der Waals surface area (Å²) in [7, 11) is 0. The number of nitrogens with one attached hydrogen (secondary N) is 1. The second-order valence-corrected chi connectivity index (χ2v) is 6.98. The molecular weight excluding hydrogens is 294 g/mol. The van der Waals surface area contributed by atoms with Crippen LogP contribution in [0.4, 0.5) is 5.69 Å². The van der Waals surface area contributed by atoms with Gasteiger partial charge in [-0.3, -0.25) is 4.79 Å². The van der Waals surface area contributed by atoms with Crippen molar-refractivity contribution in [2.75, 3.05) is 5.32 Å². The summed E-state index contributed by atoms with van der Waals surface area (Å²) >= 11 is 0. The molecule has 128 valence electrons. The summed E-state index contributed by atoms with van der Waals surface area (Å²) in [6.07, 6.45) is 0.788. The molecule has 0 saturated carbocycles. The van der Waals surface area contributed by atoms with E-state index in [1.54, 1.807) is 0 Å². The lowest BCUT2D eigenvalue weighted by molar-refractivity contribution is -0.117. The smallest absolute Gasteiger partial charge is 0.231 e. The molecule has 2 nitrogen and oxygen atoms in total. The van der Waals surface area contributed by atoms with Crippen molar-refractivity contribution < 1.29 is 4.79 Å². The highest BCUT2D eigenvalue weighted by Crippen LogP contribution is 2.33. The Kier molecular flexibility index (Phi) is 6.19. The van der Waals surface area contributed by atoms with Crippen molar-refractivity contribution in [1.29, 1.82) is 0 Å². The third-order valence-electron chi connectivity index (χ3n) is 4.55. The molecule has 1 N–H and O–H groups in total. The molecule has 0 aliphatic carbocycles. The van der Waals surface area contributed by atoms with Crippen molar-refractivity contribution in [3.05, 3.63) is 65.2 Å². The van der Waals surface area contributed by atoms with Gasteiger partial charge in [0.1, 0.15) is 0 Å². The molecule has 1 atom stereocenters. The Labute approximate surface area is 146 Å². The molecule has 0 radical (unpaired) electrons. The lowest BCUT2D eigenvalue weighted by Crippen LogP contribution is -2.22. The zero-order valence-electron chi connectivity index (χ0n) is 15.5. The molecule has 0 heterocycles. The van der Waals surface area contributed by atoms with Gasteiger partial charge in [-0.15, -0.1) is 0 Å². The molecule has 0 unspecified atom stereocenters. The van der Waals surface area contributed by atoms with E-state index in [1.807, 2.05) is 30.3 Å². The van der Waals surface area contributed by atoms with Gasteiger partial charge in [0.2, 0.25) is 5.91 Å². The van der Waals surface area contributed by atoms with Crippen LogP contribution in [0, 0.1) is 0 Å². The molecule has 2 rings (SSSR count). The second-order valence-electron chi connectivity index (χ2n) is 6.98. The van der Waals surface area contributed by atoms with Crippen LogP contribution in [0.5, 0.6) is 0 Å². The monoisotopic (exact) mass is 323 g/mol. The molecule has 0 aromatic heterocycles. The largest absolute Gasteiger partial charge is 0.325 e. The Morgan fingerprint density at radius 3 is 1.88 bits per heavy atom. The molecule has 1 amide bonds. The van der Waals surface area contributed by atoms with E-state index in [9.17, 15) is 4.79 Å². The van der Waals surface area contributed by atoms with Crippen molar-refractivity contribution in [1.82, 2.24) is 0 Å². The SMILES string of the molecule is CC[C@@H](C(=O)Nc1c(C(C)C)cccc1C(C)C)c1ccccc1. The van der Waals surface area contributed by atoms with E-state index in [0.29, 0.717) is 11.8 Å². The number of hydrogen-bond donors (Lipinski definition) is 1. The first kappa shape index (κ1) is 18.3. The third kappa shape index (κ3) is 4.05. The zero-order chi connectivity index (χ0) is 17.7. The van der Waals surface area contributed by atoms with Crippen LogP contribution in [-0.4, -0.2) is 5.91 Å². The Morgan fingerprint density at radius 1 is 0.875 bits per heavy atom. The number of anilines is 1. The minimum Gasteiger partial charge on any atom is -0.325 e. The van der Waals surface area contributed by atoms with E-state index in [-0.39, 0.29) is 11.8 Å². The quantitative estimate of drug-likeness (QED) is 0.687. The summed E-state index contributed by atoms with van der Waals surface area (Å²) in [6.45, 7) is 10.7. The van der Waals surface area contributed by atoms with E-state index < -0.39 is 0 Å². The predicted octanol–water partition coefficient (Wildman–Crippen LogP) is 6.07. The molecule has 0 aliphatic rings. The van der Waals surface area contributed by atoms with Crippen LogP contribution in [0.25, 0.3) is 0 Å². The average Bonchev–Trinajstić information content (AvgIpc) is 2.56. The standard InChI is InChI=1S/C22H29NO/c1-6-18(17-11-8-7-9-12-17)22(24)23-21-19(15(2)3)13-10-14-20(21)16(4)5/h7-16,18H,6H2,1-5H3,(H,23,24)/t18-/m1/s1. The van der Waals surface area contributed by atoms with Crippen LogP contribution in [0.2, 0.25) is 0 Å². The van der Waals surface area contributed by atoms with Crippen LogP contribution in [0.1, 0.15) is 75.5 Å². The van der Waals surface area contributed by atoms with E-state index >= 15 is 0 Å². The van der Waals surface area contributed by atoms with Crippen molar-refractivity contribution in [3.8, 4) is 0 Å². The average molecular weight is 323 g/mol. The summed E-state index contributed by atoms with van der Waals surface area (Å²) in [4.78, 5) is 13.0. The minimum absolute atomic E-state index is 0.0821. The van der Waals surface area contributed by atoms with E-state index in [0.717, 1.165) is 17.7 Å². The van der Waals surface area contributed by atoms with Gasteiger partial charge in [-0.25, -0.2) is 0 Å². The maximum Gasteiger partial charge on any atom is 0.231 e. The maximum atomic E-state index is 13.0. The number of carbonyl (C=O) groups is 1. The van der Waals surface area contributed by atoms with Crippen molar-refractivity contribution >= 4 is 11.6 Å². The van der Waals surface area contributed by atoms with Gasteiger partial charge in [-0.05, 0) is 34.9 Å². The van der Waals surface area contributed by atoms with Crippen LogP contribution < -0.4 is 5.32 Å². The topological polar surface area (TPSA) is 29.1 Å². The van der Waals surface area contributed by atoms with Crippen LogP contribution in [0.3, 0.4) is 0 Å². The van der Waals surface area contributed by atoms with Crippen molar-refractivity contribution in [3.63, 3.8) is 0 Å². The molecule has 2 aromatic rings. The Morgan fingerprint density at radius 2 is 1.42 bits per heavy atom. The highest BCUT2D eigenvalue weighted by atomic mass is 16.1.